The monoisotopic (exact) mass is 369 g/mol. The van der Waals surface area contributed by atoms with E-state index >= 15 is 0 Å². The van der Waals surface area contributed by atoms with Crippen molar-refractivity contribution in [3.05, 3.63) is 39.0 Å². The van der Waals surface area contributed by atoms with Crippen LogP contribution < -0.4 is 0 Å². The van der Waals surface area contributed by atoms with Gasteiger partial charge in [-0.1, -0.05) is 45.5 Å². The van der Waals surface area contributed by atoms with Crippen LogP contribution in [0.3, 0.4) is 0 Å². The van der Waals surface area contributed by atoms with Crippen molar-refractivity contribution in [2.75, 3.05) is 0 Å². The van der Waals surface area contributed by atoms with Gasteiger partial charge >= 0.3 is 5.97 Å². The normalized spacial score (nSPS) is 15.5. The summed E-state index contributed by atoms with van der Waals surface area (Å²) in [5, 5.41) is 14.1. The average molecular weight is 371 g/mol. The van der Waals surface area contributed by atoms with Crippen LogP contribution >= 0.6 is 27.5 Å². The van der Waals surface area contributed by atoms with Crippen LogP contribution in [0.25, 0.3) is 11.3 Å². The van der Waals surface area contributed by atoms with Crippen LogP contribution in [-0.2, 0) is 0 Å². The fourth-order valence-corrected chi connectivity index (χ4v) is 3.45. The first-order valence-electron chi connectivity index (χ1n) is 6.76. The molecule has 21 heavy (non-hydrogen) atoms. The maximum Gasteiger partial charge on any atom is 0.341 e. The smallest absolute Gasteiger partial charge is 0.341 e. The molecule has 6 heteroatoms. The van der Waals surface area contributed by atoms with Crippen LogP contribution in [0.1, 0.15) is 47.7 Å². The number of aromatic carboxylic acids is 1. The van der Waals surface area contributed by atoms with Gasteiger partial charge in [0, 0.05) is 21.0 Å². The Labute approximate surface area is 135 Å². The van der Waals surface area contributed by atoms with Crippen molar-refractivity contribution in [2.45, 2.75) is 31.6 Å². The summed E-state index contributed by atoms with van der Waals surface area (Å²) in [5.41, 5.74) is 1.12. The van der Waals surface area contributed by atoms with E-state index in [0.717, 1.165) is 30.2 Å². The van der Waals surface area contributed by atoms with Gasteiger partial charge in [-0.05, 0) is 31.0 Å². The molecule has 1 aliphatic carbocycles. The van der Waals surface area contributed by atoms with Crippen molar-refractivity contribution < 1.29 is 14.4 Å². The zero-order valence-electron chi connectivity index (χ0n) is 11.1. The summed E-state index contributed by atoms with van der Waals surface area (Å²) in [5.74, 6) is -0.378. The molecule has 1 aromatic heterocycles. The van der Waals surface area contributed by atoms with Gasteiger partial charge in [0.2, 0.25) is 0 Å². The number of carboxylic acids is 1. The summed E-state index contributed by atoms with van der Waals surface area (Å²) in [6.07, 6.45) is 4.10. The van der Waals surface area contributed by atoms with Crippen molar-refractivity contribution in [3.8, 4) is 11.3 Å². The number of aromatic nitrogens is 1. The molecule has 1 fully saturated rings. The maximum absolute atomic E-state index is 11.7. The molecule has 0 aliphatic heterocycles. The Bertz CT molecular complexity index is 692. The summed E-state index contributed by atoms with van der Waals surface area (Å²) >= 11 is 9.42. The van der Waals surface area contributed by atoms with Crippen molar-refractivity contribution in [2.24, 2.45) is 0 Å². The van der Waals surface area contributed by atoms with Crippen molar-refractivity contribution in [3.63, 3.8) is 0 Å². The molecule has 0 spiro atoms. The zero-order valence-corrected chi connectivity index (χ0v) is 13.4. The lowest BCUT2D eigenvalue weighted by molar-refractivity contribution is 0.0694. The predicted octanol–water partition coefficient (Wildman–Crippen LogP) is 5.11. The maximum atomic E-state index is 11.7. The molecule has 1 heterocycles. The van der Waals surface area contributed by atoms with Gasteiger partial charge in [-0.2, -0.15) is 0 Å². The lowest BCUT2D eigenvalue weighted by atomic mass is 9.97. The zero-order chi connectivity index (χ0) is 15.0. The van der Waals surface area contributed by atoms with Gasteiger partial charge < -0.3 is 9.63 Å². The number of nitrogens with zero attached hydrogens (tertiary/aromatic N) is 1. The Morgan fingerprint density at radius 2 is 2.10 bits per heavy atom. The van der Waals surface area contributed by atoms with E-state index < -0.39 is 5.97 Å². The lowest BCUT2D eigenvalue weighted by Crippen LogP contribution is -2.04. The number of benzene rings is 1. The molecule has 2 aromatic rings. The van der Waals surface area contributed by atoms with Crippen LogP contribution in [0.5, 0.6) is 0 Å². The lowest BCUT2D eigenvalue weighted by Gasteiger charge is -2.06. The fourth-order valence-electron chi connectivity index (χ4n) is 2.84. The number of carboxylic acid groups (broad SMARTS) is 1. The molecule has 1 aromatic carbocycles. The molecule has 1 aliphatic rings. The molecular formula is C15H13BrClNO3. The largest absolute Gasteiger partial charge is 0.477 e. The Balaban J connectivity index is 2.14. The van der Waals surface area contributed by atoms with E-state index in [9.17, 15) is 9.90 Å². The van der Waals surface area contributed by atoms with Crippen LogP contribution in [0, 0.1) is 0 Å². The van der Waals surface area contributed by atoms with Gasteiger partial charge in [0.15, 0.2) is 5.76 Å². The van der Waals surface area contributed by atoms with E-state index in [1.54, 1.807) is 18.2 Å². The van der Waals surface area contributed by atoms with Crippen molar-refractivity contribution in [1.29, 1.82) is 0 Å². The topological polar surface area (TPSA) is 63.3 Å². The second-order valence-corrected chi connectivity index (χ2v) is 6.47. The standard InChI is InChI=1S/C15H13BrClNO3/c16-11-6-5-9(17)7-10(11)13-12(15(19)20)14(21-18-13)8-3-1-2-4-8/h5-8H,1-4H2,(H,19,20). The van der Waals surface area contributed by atoms with Crippen molar-refractivity contribution >= 4 is 33.5 Å². The SMILES string of the molecule is O=C(O)c1c(-c2cc(Cl)ccc2Br)noc1C1CCCC1. The molecule has 0 radical (unpaired) electrons. The minimum atomic E-state index is -1.01. The van der Waals surface area contributed by atoms with Gasteiger partial charge in [0.05, 0.1) is 0 Å². The van der Waals surface area contributed by atoms with Gasteiger partial charge in [-0.15, -0.1) is 0 Å². The minimum absolute atomic E-state index is 0.148. The van der Waals surface area contributed by atoms with Crippen LogP contribution in [0.2, 0.25) is 5.02 Å². The van der Waals surface area contributed by atoms with E-state index in [4.69, 9.17) is 16.1 Å². The Hall–Kier alpha value is -1.33. The minimum Gasteiger partial charge on any atom is -0.477 e. The van der Waals surface area contributed by atoms with Gasteiger partial charge in [-0.25, -0.2) is 4.79 Å². The van der Waals surface area contributed by atoms with Crippen molar-refractivity contribution in [1.82, 2.24) is 5.16 Å². The molecule has 4 nitrogen and oxygen atoms in total. The van der Waals surface area contributed by atoms with E-state index in [1.807, 2.05) is 0 Å². The van der Waals surface area contributed by atoms with Crippen LogP contribution in [0.15, 0.2) is 27.2 Å². The number of hydrogen-bond acceptors (Lipinski definition) is 3. The summed E-state index contributed by atoms with van der Waals surface area (Å²) < 4.78 is 6.13. The molecule has 0 amide bonds. The third kappa shape index (κ3) is 2.72. The second-order valence-electron chi connectivity index (χ2n) is 5.18. The highest BCUT2D eigenvalue weighted by Crippen LogP contribution is 2.40. The van der Waals surface area contributed by atoms with E-state index in [-0.39, 0.29) is 11.5 Å². The highest BCUT2D eigenvalue weighted by atomic mass is 79.9. The predicted molar refractivity (Wildman–Crippen MR) is 82.8 cm³/mol. The highest BCUT2D eigenvalue weighted by molar-refractivity contribution is 9.10. The summed E-state index contributed by atoms with van der Waals surface area (Å²) in [7, 11) is 0. The van der Waals surface area contributed by atoms with E-state index in [1.165, 1.54) is 0 Å². The molecule has 3 rings (SSSR count). The summed E-state index contributed by atoms with van der Waals surface area (Å²) in [4.78, 5) is 11.7. The van der Waals surface area contributed by atoms with E-state index in [0.29, 0.717) is 22.0 Å². The Morgan fingerprint density at radius 3 is 2.76 bits per heavy atom. The van der Waals surface area contributed by atoms with Crippen LogP contribution in [0.4, 0.5) is 0 Å². The molecule has 0 unspecified atom stereocenters. The molecule has 1 saturated carbocycles. The molecule has 0 atom stereocenters. The first-order chi connectivity index (χ1) is 10.1. The number of rotatable bonds is 3. The average Bonchev–Trinajstić information content (AvgIpc) is 3.08. The third-order valence-corrected chi connectivity index (χ3v) is 4.77. The molecular weight excluding hydrogens is 358 g/mol. The number of carbonyl (C=O) groups is 1. The van der Waals surface area contributed by atoms with Gasteiger partial charge in [0.25, 0.3) is 0 Å². The first kappa shape index (κ1) is 14.6. The third-order valence-electron chi connectivity index (χ3n) is 3.84. The molecule has 0 saturated heterocycles. The van der Waals surface area contributed by atoms with E-state index in [2.05, 4.69) is 21.1 Å². The Kier molecular flexibility index (Phi) is 4.04. The first-order valence-corrected chi connectivity index (χ1v) is 7.93. The Morgan fingerprint density at radius 1 is 1.38 bits per heavy atom. The van der Waals surface area contributed by atoms with Crippen LogP contribution in [-0.4, -0.2) is 16.2 Å². The highest BCUT2D eigenvalue weighted by Gasteiger charge is 2.31. The fraction of sp³-hybridized carbons (Fsp3) is 0.333. The van der Waals surface area contributed by atoms with Gasteiger partial charge in [-0.3, -0.25) is 0 Å². The molecule has 1 N–H and O–H groups in total. The summed E-state index contributed by atoms with van der Waals surface area (Å²) in [6, 6.07) is 5.19. The molecule has 110 valence electrons. The second kappa shape index (κ2) is 5.81. The van der Waals surface area contributed by atoms with Gasteiger partial charge in [0.1, 0.15) is 11.3 Å². The number of hydrogen-bond donors (Lipinski definition) is 1. The molecule has 0 bridgehead atoms. The quantitative estimate of drug-likeness (QED) is 0.815. The summed E-state index contributed by atoms with van der Waals surface area (Å²) in [6.45, 7) is 0. The number of halogens is 2.